The van der Waals surface area contributed by atoms with Crippen molar-refractivity contribution in [3.63, 3.8) is 0 Å². The number of carbonyl (C=O) groups excluding carboxylic acids is 2. The summed E-state index contributed by atoms with van der Waals surface area (Å²) in [5.41, 5.74) is 0.335. The lowest BCUT2D eigenvalue weighted by molar-refractivity contribution is -0.154. The van der Waals surface area contributed by atoms with Crippen LogP contribution in [0.5, 0.6) is 0 Å². The Balaban J connectivity index is 1.68. The van der Waals surface area contributed by atoms with Gasteiger partial charge in [-0.05, 0) is 43.1 Å². The molecule has 0 aromatic rings. The first kappa shape index (κ1) is 18.2. The van der Waals surface area contributed by atoms with Crippen molar-refractivity contribution < 1.29 is 23.8 Å². The number of hydrogen-bond acceptors (Lipinski definition) is 5. The van der Waals surface area contributed by atoms with Gasteiger partial charge < -0.3 is 14.2 Å². The smallest absolute Gasteiger partial charge is 0.302 e. The first-order chi connectivity index (χ1) is 12.1. The highest BCUT2D eigenvalue weighted by atomic mass is 16.6. The number of rotatable bonds is 1. The minimum atomic E-state index is -0.359. The third-order valence-electron chi connectivity index (χ3n) is 7.32. The molecule has 2 saturated heterocycles. The molecule has 2 aliphatic heterocycles. The maximum Gasteiger partial charge on any atom is 0.302 e. The zero-order chi connectivity index (χ0) is 18.9. The van der Waals surface area contributed by atoms with E-state index >= 15 is 0 Å². The molecule has 4 fully saturated rings. The molecular formula is C21H30O5. The first-order valence-corrected chi connectivity index (χ1v) is 9.84. The third-order valence-corrected chi connectivity index (χ3v) is 7.32. The van der Waals surface area contributed by atoms with Crippen LogP contribution in [-0.2, 0) is 23.8 Å². The van der Waals surface area contributed by atoms with Gasteiger partial charge in [0, 0.05) is 25.7 Å². The van der Waals surface area contributed by atoms with Gasteiger partial charge in [0.2, 0.25) is 0 Å². The van der Waals surface area contributed by atoms with Gasteiger partial charge in [0.25, 0.3) is 0 Å². The van der Waals surface area contributed by atoms with Gasteiger partial charge in [0.05, 0.1) is 23.9 Å². The summed E-state index contributed by atoms with van der Waals surface area (Å²) in [6.07, 6.45) is 4.13. The Kier molecular flexibility index (Phi) is 4.12. The molecule has 0 amide bonds. The number of carbonyl (C=O) groups is 2. The van der Waals surface area contributed by atoms with Crippen LogP contribution in [-0.4, -0.2) is 41.8 Å². The van der Waals surface area contributed by atoms with E-state index < -0.39 is 0 Å². The molecule has 5 nitrogen and oxygen atoms in total. The largest absolute Gasteiger partial charge is 0.462 e. The Labute approximate surface area is 155 Å². The van der Waals surface area contributed by atoms with Crippen LogP contribution in [0, 0.1) is 17.3 Å². The molecule has 4 rings (SSSR count). The summed E-state index contributed by atoms with van der Waals surface area (Å²) in [5, 5.41) is 0. The normalized spacial score (nSPS) is 46.9. The van der Waals surface area contributed by atoms with Gasteiger partial charge in [-0.25, -0.2) is 0 Å². The zero-order valence-corrected chi connectivity index (χ0v) is 16.2. The Morgan fingerprint density at radius 3 is 2.65 bits per heavy atom. The minimum Gasteiger partial charge on any atom is -0.462 e. The fraction of sp³-hybridized carbons (Fsp3) is 0.810. The Bertz CT molecular complexity index is 653. The molecule has 2 saturated carbocycles. The summed E-state index contributed by atoms with van der Waals surface area (Å²) in [5.74, 6) is -0.183. The lowest BCUT2D eigenvalue weighted by Crippen LogP contribution is -2.49. The Morgan fingerprint density at radius 2 is 1.96 bits per heavy atom. The fourth-order valence-electron chi connectivity index (χ4n) is 5.42. The van der Waals surface area contributed by atoms with Crippen molar-refractivity contribution in [3.05, 3.63) is 12.2 Å². The molecule has 144 valence electrons. The molecule has 7 atom stereocenters. The molecule has 5 heteroatoms. The average molecular weight is 362 g/mol. The summed E-state index contributed by atoms with van der Waals surface area (Å²) in [7, 11) is 0. The van der Waals surface area contributed by atoms with E-state index in [0.717, 1.165) is 19.3 Å². The number of esters is 1. The van der Waals surface area contributed by atoms with Crippen LogP contribution in [0.3, 0.4) is 0 Å². The van der Waals surface area contributed by atoms with E-state index in [-0.39, 0.29) is 59.0 Å². The molecule has 0 radical (unpaired) electrons. The van der Waals surface area contributed by atoms with E-state index in [1.54, 1.807) is 0 Å². The molecule has 2 aliphatic carbocycles. The van der Waals surface area contributed by atoms with Crippen LogP contribution in [0.1, 0.15) is 59.8 Å². The van der Waals surface area contributed by atoms with Crippen molar-refractivity contribution in [1.82, 2.24) is 0 Å². The topological polar surface area (TPSA) is 68.4 Å². The summed E-state index contributed by atoms with van der Waals surface area (Å²) in [4.78, 5) is 24.5. The number of ether oxygens (including phenoxy) is 3. The Hall–Kier alpha value is -1.20. The standard InChI is InChI=1S/C21H30O5/c1-11-14(23)8-13-9-18-21(5,26-18)7-6-15-16(25-15)10-17(24-12(2)22)19(11)20(13,3)4/h13,15-19H,1,6-10H2,2-5H3/t13-,15-,16-,17+,18+,19-,21+/m0/s1. The molecule has 0 unspecified atom stereocenters. The SMILES string of the molecule is C=C1C(=O)C[C@H]2C[C@H]3O[C@]3(C)CC[C@@H]3O[C@H]3C[C@@H](OC(C)=O)[C@H]1C2(C)C. The summed E-state index contributed by atoms with van der Waals surface area (Å²) in [6, 6.07) is 0. The second-order valence-electron chi connectivity index (χ2n) is 9.44. The molecule has 0 aromatic carbocycles. The quantitative estimate of drug-likeness (QED) is 0.407. The van der Waals surface area contributed by atoms with Gasteiger partial charge in [-0.2, -0.15) is 0 Å². The van der Waals surface area contributed by atoms with Crippen LogP contribution < -0.4 is 0 Å². The van der Waals surface area contributed by atoms with Crippen LogP contribution in [0.25, 0.3) is 0 Å². The van der Waals surface area contributed by atoms with Crippen molar-refractivity contribution >= 4 is 11.8 Å². The highest BCUT2D eigenvalue weighted by molar-refractivity contribution is 5.96. The molecule has 0 N–H and O–H groups in total. The lowest BCUT2D eigenvalue weighted by Gasteiger charge is -2.48. The van der Waals surface area contributed by atoms with Gasteiger partial charge in [-0.1, -0.05) is 20.4 Å². The van der Waals surface area contributed by atoms with Gasteiger partial charge in [0.15, 0.2) is 5.78 Å². The maximum absolute atomic E-state index is 12.7. The van der Waals surface area contributed by atoms with Crippen LogP contribution >= 0.6 is 0 Å². The lowest BCUT2D eigenvalue weighted by atomic mass is 9.56. The molecule has 4 aliphatic rings. The van der Waals surface area contributed by atoms with E-state index in [9.17, 15) is 9.59 Å². The number of fused-ring (bicyclic) bond motifs is 4. The number of Topliss-reactive ketones (excluding diaryl/α,β-unsaturated/α-hetero) is 1. The molecular weight excluding hydrogens is 332 g/mol. The minimum absolute atomic E-state index is 0.0753. The fourth-order valence-corrected chi connectivity index (χ4v) is 5.42. The summed E-state index contributed by atoms with van der Waals surface area (Å²) >= 11 is 0. The maximum atomic E-state index is 12.7. The highest BCUT2D eigenvalue weighted by Crippen LogP contribution is 2.55. The van der Waals surface area contributed by atoms with E-state index in [1.807, 2.05) is 0 Å². The van der Waals surface area contributed by atoms with Gasteiger partial charge >= 0.3 is 5.97 Å². The average Bonchev–Trinajstić information content (AvgIpc) is 3.40. The molecule has 26 heavy (non-hydrogen) atoms. The number of epoxide rings is 2. The van der Waals surface area contributed by atoms with Crippen LogP contribution in [0.2, 0.25) is 0 Å². The predicted molar refractivity (Wildman–Crippen MR) is 95.5 cm³/mol. The van der Waals surface area contributed by atoms with Crippen molar-refractivity contribution in [2.75, 3.05) is 0 Å². The van der Waals surface area contributed by atoms with Crippen molar-refractivity contribution in [1.29, 1.82) is 0 Å². The zero-order valence-electron chi connectivity index (χ0n) is 16.2. The second-order valence-corrected chi connectivity index (χ2v) is 9.44. The monoisotopic (exact) mass is 362 g/mol. The molecule has 2 bridgehead atoms. The molecule has 0 spiro atoms. The van der Waals surface area contributed by atoms with Gasteiger partial charge in [-0.15, -0.1) is 0 Å². The number of hydrogen-bond donors (Lipinski definition) is 0. The van der Waals surface area contributed by atoms with E-state index in [4.69, 9.17) is 14.2 Å². The van der Waals surface area contributed by atoms with Crippen molar-refractivity contribution in [2.24, 2.45) is 17.3 Å². The van der Waals surface area contributed by atoms with Gasteiger partial charge in [0.1, 0.15) is 6.10 Å². The van der Waals surface area contributed by atoms with E-state index in [1.165, 1.54) is 6.92 Å². The van der Waals surface area contributed by atoms with Crippen LogP contribution in [0.15, 0.2) is 12.2 Å². The van der Waals surface area contributed by atoms with E-state index in [0.29, 0.717) is 18.4 Å². The van der Waals surface area contributed by atoms with E-state index in [2.05, 4.69) is 27.4 Å². The molecule has 2 heterocycles. The summed E-state index contributed by atoms with van der Waals surface area (Å²) in [6.45, 7) is 12.1. The Morgan fingerprint density at radius 1 is 1.23 bits per heavy atom. The second kappa shape index (κ2) is 5.90. The number of ketones is 1. The van der Waals surface area contributed by atoms with Gasteiger partial charge in [-0.3, -0.25) is 9.59 Å². The third kappa shape index (κ3) is 3.03. The predicted octanol–water partition coefficient (Wildman–Crippen LogP) is 3.20. The molecule has 0 aromatic heterocycles. The summed E-state index contributed by atoms with van der Waals surface area (Å²) < 4.78 is 17.6. The first-order valence-electron chi connectivity index (χ1n) is 9.84. The van der Waals surface area contributed by atoms with Crippen molar-refractivity contribution in [3.8, 4) is 0 Å². The highest BCUT2D eigenvalue weighted by Gasteiger charge is 2.59. The van der Waals surface area contributed by atoms with Crippen LogP contribution in [0.4, 0.5) is 0 Å². The van der Waals surface area contributed by atoms with Crippen molar-refractivity contribution in [2.45, 2.75) is 89.8 Å².